The highest BCUT2D eigenvalue weighted by atomic mass is 16.5. The van der Waals surface area contributed by atoms with Gasteiger partial charge in [0.1, 0.15) is 0 Å². The minimum absolute atomic E-state index is 0.0432. The number of rotatable bonds is 10. The number of unbranched alkanes of at least 4 members (excludes halogenated alkanes) is 2. The number of aliphatic hydroxyl groups is 2. The molecule has 0 radical (unpaired) electrons. The zero-order chi connectivity index (χ0) is 15.5. The number of carbonyl (C=O) groups is 2. The lowest BCUT2D eigenvalue weighted by atomic mass is 10.0. The molecule has 0 atom stereocenters. The Morgan fingerprint density at radius 3 is 2.33 bits per heavy atom. The summed E-state index contributed by atoms with van der Waals surface area (Å²) < 4.78 is 5.07. The van der Waals surface area contributed by atoms with E-state index in [1.54, 1.807) is 18.2 Å². The third kappa shape index (κ3) is 6.51. The van der Waals surface area contributed by atoms with E-state index in [1.807, 2.05) is 0 Å². The van der Waals surface area contributed by atoms with E-state index in [4.69, 9.17) is 14.9 Å². The molecule has 0 saturated carbocycles. The summed E-state index contributed by atoms with van der Waals surface area (Å²) in [4.78, 5) is 23.7. The lowest BCUT2D eigenvalue weighted by Gasteiger charge is -2.06. The van der Waals surface area contributed by atoms with Crippen LogP contribution in [0.2, 0.25) is 0 Å². The van der Waals surface area contributed by atoms with Crippen LogP contribution < -0.4 is 0 Å². The van der Waals surface area contributed by atoms with Gasteiger partial charge < -0.3 is 14.9 Å². The molecule has 0 heterocycles. The Morgan fingerprint density at radius 1 is 0.952 bits per heavy atom. The maximum absolute atomic E-state index is 11.9. The summed E-state index contributed by atoms with van der Waals surface area (Å²) in [7, 11) is 0. The summed E-state index contributed by atoms with van der Waals surface area (Å²) in [5, 5.41) is 17.3. The number of esters is 1. The van der Waals surface area contributed by atoms with Gasteiger partial charge in [-0.3, -0.25) is 4.79 Å². The number of hydrogen-bond acceptors (Lipinski definition) is 5. The highest BCUT2D eigenvalue weighted by molar-refractivity contribution is 5.99. The summed E-state index contributed by atoms with van der Waals surface area (Å²) in [5.41, 5.74) is 0.838. The summed E-state index contributed by atoms with van der Waals surface area (Å²) >= 11 is 0. The van der Waals surface area contributed by atoms with Crippen molar-refractivity contribution < 1.29 is 24.5 Å². The van der Waals surface area contributed by atoms with Gasteiger partial charge in [-0.2, -0.15) is 0 Å². The van der Waals surface area contributed by atoms with E-state index in [2.05, 4.69) is 0 Å². The molecule has 0 aliphatic carbocycles. The number of aliphatic hydroxyl groups excluding tert-OH is 2. The van der Waals surface area contributed by atoms with E-state index in [0.717, 1.165) is 0 Å². The molecule has 0 amide bonds. The Kier molecular flexibility index (Phi) is 8.31. The van der Waals surface area contributed by atoms with Gasteiger partial charge in [-0.15, -0.1) is 0 Å². The van der Waals surface area contributed by atoms with Gasteiger partial charge in [-0.1, -0.05) is 12.1 Å². The van der Waals surface area contributed by atoms with Crippen LogP contribution in [0.5, 0.6) is 0 Å². The maximum atomic E-state index is 11.9. The van der Waals surface area contributed by atoms with Crippen LogP contribution in [0.1, 0.15) is 52.8 Å². The van der Waals surface area contributed by atoms with Crippen LogP contribution in [-0.4, -0.2) is 41.8 Å². The number of Topliss-reactive ketones (excluding diaryl/α,β-unsaturated/α-hetero) is 1. The normalized spacial score (nSPS) is 10.4. The second-order valence-electron chi connectivity index (χ2n) is 4.75. The van der Waals surface area contributed by atoms with Crippen molar-refractivity contribution >= 4 is 11.8 Å². The molecule has 0 bridgehead atoms. The molecular weight excluding hydrogens is 272 g/mol. The van der Waals surface area contributed by atoms with Crippen molar-refractivity contribution in [1.29, 1.82) is 0 Å². The van der Waals surface area contributed by atoms with Crippen molar-refractivity contribution in [2.45, 2.75) is 32.1 Å². The molecule has 0 unspecified atom stereocenters. The Hall–Kier alpha value is -1.72. The van der Waals surface area contributed by atoms with Crippen molar-refractivity contribution in [3.63, 3.8) is 0 Å². The number of ketones is 1. The minimum atomic E-state index is -0.460. The van der Waals surface area contributed by atoms with E-state index in [0.29, 0.717) is 43.2 Å². The smallest absolute Gasteiger partial charge is 0.338 e. The van der Waals surface area contributed by atoms with E-state index in [-0.39, 0.29) is 25.6 Å². The van der Waals surface area contributed by atoms with Crippen molar-refractivity contribution in [3.8, 4) is 0 Å². The van der Waals surface area contributed by atoms with Gasteiger partial charge in [0.05, 0.1) is 12.2 Å². The van der Waals surface area contributed by atoms with E-state index >= 15 is 0 Å². The fourth-order valence-corrected chi connectivity index (χ4v) is 1.82. The molecule has 2 N–H and O–H groups in total. The average Bonchev–Trinajstić information content (AvgIpc) is 2.51. The van der Waals surface area contributed by atoms with Gasteiger partial charge in [0.15, 0.2) is 5.78 Å². The van der Waals surface area contributed by atoms with E-state index in [9.17, 15) is 9.59 Å². The van der Waals surface area contributed by atoms with Gasteiger partial charge in [-0.05, 0) is 37.8 Å². The fourth-order valence-electron chi connectivity index (χ4n) is 1.82. The zero-order valence-corrected chi connectivity index (χ0v) is 12.1. The number of benzene rings is 1. The lowest BCUT2D eigenvalue weighted by molar-refractivity contribution is 0.0492. The molecular formula is C16H22O5. The second-order valence-corrected chi connectivity index (χ2v) is 4.75. The molecule has 116 valence electrons. The van der Waals surface area contributed by atoms with Crippen LogP contribution in [-0.2, 0) is 4.74 Å². The van der Waals surface area contributed by atoms with Crippen LogP contribution in [0.4, 0.5) is 0 Å². The lowest BCUT2D eigenvalue weighted by Crippen LogP contribution is -2.08. The third-order valence-corrected chi connectivity index (χ3v) is 3.02. The first-order valence-corrected chi connectivity index (χ1v) is 7.21. The van der Waals surface area contributed by atoms with Crippen molar-refractivity contribution in [2.24, 2.45) is 0 Å². The molecule has 5 nitrogen and oxygen atoms in total. The number of carbonyl (C=O) groups excluding carboxylic acids is 2. The SMILES string of the molecule is O=C(CCCCO)c1cccc(C(=O)OCCCCO)c1. The van der Waals surface area contributed by atoms with Crippen molar-refractivity contribution in [2.75, 3.05) is 19.8 Å². The highest BCUT2D eigenvalue weighted by Crippen LogP contribution is 2.11. The minimum Gasteiger partial charge on any atom is -0.462 e. The van der Waals surface area contributed by atoms with Crippen LogP contribution >= 0.6 is 0 Å². The third-order valence-electron chi connectivity index (χ3n) is 3.02. The first kappa shape index (κ1) is 17.3. The topological polar surface area (TPSA) is 83.8 Å². The predicted molar refractivity (Wildman–Crippen MR) is 78.3 cm³/mol. The van der Waals surface area contributed by atoms with Gasteiger partial charge in [0.25, 0.3) is 0 Å². The number of hydrogen-bond donors (Lipinski definition) is 2. The number of ether oxygens (including phenoxy) is 1. The largest absolute Gasteiger partial charge is 0.462 e. The van der Waals surface area contributed by atoms with Gasteiger partial charge in [0, 0.05) is 25.2 Å². The molecule has 0 aromatic heterocycles. The molecule has 0 aliphatic rings. The van der Waals surface area contributed by atoms with Crippen molar-refractivity contribution in [3.05, 3.63) is 35.4 Å². The van der Waals surface area contributed by atoms with E-state index in [1.165, 1.54) is 6.07 Å². The summed E-state index contributed by atoms with van der Waals surface area (Å²) in [6, 6.07) is 6.47. The predicted octanol–water partition coefficient (Wildman–Crippen LogP) is 1.96. The summed E-state index contributed by atoms with van der Waals surface area (Å²) in [6.07, 6.45) is 2.79. The summed E-state index contributed by atoms with van der Waals surface area (Å²) in [6.45, 7) is 0.414. The molecule has 21 heavy (non-hydrogen) atoms. The molecule has 1 rings (SSSR count). The molecule has 0 saturated heterocycles. The summed E-state index contributed by atoms with van der Waals surface area (Å²) in [5.74, 6) is -0.503. The fraction of sp³-hybridized carbons (Fsp3) is 0.500. The van der Waals surface area contributed by atoms with E-state index < -0.39 is 5.97 Å². The Balaban J connectivity index is 2.54. The maximum Gasteiger partial charge on any atom is 0.338 e. The zero-order valence-electron chi connectivity index (χ0n) is 12.1. The molecule has 5 heteroatoms. The monoisotopic (exact) mass is 294 g/mol. The van der Waals surface area contributed by atoms with Crippen molar-refractivity contribution in [1.82, 2.24) is 0 Å². The standard InChI is InChI=1S/C16H22O5/c17-9-2-1-8-15(19)13-6-5-7-14(12-13)16(20)21-11-4-3-10-18/h5-7,12,17-18H,1-4,8-11H2. The van der Waals surface area contributed by atoms with Crippen LogP contribution in [0.3, 0.4) is 0 Å². The van der Waals surface area contributed by atoms with Crippen LogP contribution in [0.25, 0.3) is 0 Å². The average molecular weight is 294 g/mol. The first-order chi connectivity index (χ1) is 10.2. The molecule has 1 aromatic carbocycles. The van der Waals surface area contributed by atoms with Crippen LogP contribution in [0, 0.1) is 0 Å². The Morgan fingerprint density at radius 2 is 1.62 bits per heavy atom. The molecule has 0 aliphatic heterocycles. The van der Waals surface area contributed by atoms with Gasteiger partial charge in [0.2, 0.25) is 0 Å². The van der Waals surface area contributed by atoms with Crippen LogP contribution in [0.15, 0.2) is 24.3 Å². The molecule has 0 spiro atoms. The molecule has 0 fully saturated rings. The first-order valence-electron chi connectivity index (χ1n) is 7.21. The van der Waals surface area contributed by atoms with Gasteiger partial charge >= 0.3 is 5.97 Å². The highest BCUT2D eigenvalue weighted by Gasteiger charge is 2.11. The second kappa shape index (κ2) is 10.1. The molecule has 1 aromatic rings. The Bertz CT molecular complexity index is 456. The quantitative estimate of drug-likeness (QED) is 0.391. The Labute approximate surface area is 124 Å². The van der Waals surface area contributed by atoms with Gasteiger partial charge in [-0.25, -0.2) is 4.79 Å².